The van der Waals surface area contributed by atoms with Crippen molar-refractivity contribution in [1.82, 2.24) is 0 Å². The van der Waals surface area contributed by atoms with Gasteiger partial charge in [0.25, 0.3) is 0 Å². The molecule has 1 aromatic rings. The Morgan fingerprint density at radius 3 is 2.56 bits per heavy atom. The van der Waals surface area contributed by atoms with Gasteiger partial charge in [0.15, 0.2) is 0 Å². The number of hydrogen-bond donors (Lipinski definition) is 2. The summed E-state index contributed by atoms with van der Waals surface area (Å²) >= 11 is 0. The molecular formula is C14H19N3O. The normalized spacial score (nSPS) is 13.4. The summed E-state index contributed by atoms with van der Waals surface area (Å²) in [7, 11) is 0. The van der Waals surface area contributed by atoms with Gasteiger partial charge in [-0.3, -0.25) is 4.79 Å². The van der Waals surface area contributed by atoms with Gasteiger partial charge in [-0.1, -0.05) is 32.4 Å². The number of nitrogens with one attached hydrogen (secondary N) is 1. The van der Waals surface area contributed by atoms with E-state index >= 15 is 0 Å². The van der Waals surface area contributed by atoms with E-state index in [1.807, 2.05) is 26.0 Å². The molecule has 0 radical (unpaired) electrons. The highest BCUT2D eigenvalue weighted by atomic mass is 16.2. The van der Waals surface area contributed by atoms with E-state index in [2.05, 4.69) is 11.4 Å². The van der Waals surface area contributed by atoms with E-state index in [-0.39, 0.29) is 11.8 Å². The smallest absolute Gasteiger partial charge is 0.241 e. The van der Waals surface area contributed by atoms with Crippen molar-refractivity contribution in [2.75, 3.05) is 5.32 Å². The molecule has 4 nitrogen and oxygen atoms in total. The van der Waals surface area contributed by atoms with E-state index in [1.165, 1.54) is 0 Å². The van der Waals surface area contributed by atoms with Crippen LogP contribution in [0.3, 0.4) is 0 Å². The fourth-order valence-electron chi connectivity index (χ4n) is 1.54. The van der Waals surface area contributed by atoms with Crippen LogP contribution >= 0.6 is 0 Å². The molecule has 1 rings (SSSR count). The molecule has 0 saturated heterocycles. The number of amides is 1. The van der Waals surface area contributed by atoms with Crippen LogP contribution in [0.1, 0.15) is 25.8 Å². The maximum atomic E-state index is 11.8. The van der Waals surface area contributed by atoms with Gasteiger partial charge in [-0.15, -0.1) is 0 Å². The highest BCUT2D eigenvalue weighted by Gasteiger charge is 2.19. The van der Waals surface area contributed by atoms with E-state index in [9.17, 15) is 4.79 Å². The van der Waals surface area contributed by atoms with Gasteiger partial charge in [0, 0.05) is 5.69 Å². The molecule has 0 aliphatic heterocycles. The number of hydrogen-bond acceptors (Lipinski definition) is 3. The van der Waals surface area contributed by atoms with Crippen molar-refractivity contribution in [3.63, 3.8) is 0 Å². The number of carbonyl (C=O) groups excluding carboxylic acids is 1. The summed E-state index contributed by atoms with van der Waals surface area (Å²) in [4.78, 5) is 11.8. The summed E-state index contributed by atoms with van der Waals surface area (Å²) in [5.74, 6) is -0.0137. The number of nitrogens with two attached hydrogens (primary N) is 1. The zero-order valence-corrected chi connectivity index (χ0v) is 10.8. The lowest BCUT2D eigenvalue weighted by Crippen LogP contribution is -2.40. The van der Waals surface area contributed by atoms with Crippen molar-refractivity contribution in [1.29, 1.82) is 5.26 Å². The molecule has 0 bridgehead atoms. The van der Waals surface area contributed by atoms with Crippen LogP contribution in [0, 0.1) is 17.2 Å². The third kappa shape index (κ3) is 3.86. The summed E-state index contributed by atoms with van der Waals surface area (Å²) in [6.45, 7) is 3.97. The predicted molar refractivity (Wildman–Crippen MR) is 71.8 cm³/mol. The van der Waals surface area contributed by atoms with Crippen LogP contribution in [0.5, 0.6) is 0 Å². The average molecular weight is 245 g/mol. The topological polar surface area (TPSA) is 78.9 Å². The first-order chi connectivity index (χ1) is 8.58. The van der Waals surface area contributed by atoms with Crippen LogP contribution in [-0.2, 0) is 11.2 Å². The second-order valence-electron chi connectivity index (χ2n) is 4.43. The Morgan fingerprint density at radius 1 is 1.44 bits per heavy atom. The second-order valence-corrected chi connectivity index (χ2v) is 4.43. The molecule has 0 aromatic heterocycles. The zero-order valence-electron chi connectivity index (χ0n) is 10.8. The number of anilines is 1. The van der Waals surface area contributed by atoms with E-state index in [0.717, 1.165) is 12.0 Å². The Morgan fingerprint density at radius 2 is 2.06 bits per heavy atom. The van der Waals surface area contributed by atoms with Gasteiger partial charge in [-0.2, -0.15) is 5.26 Å². The number of nitriles is 1. The molecule has 18 heavy (non-hydrogen) atoms. The minimum atomic E-state index is -0.492. The summed E-state index contributed by atoms with van der Waals surface area (Å²) < 4.78 is 0. The SMILES string of the molecule is CCC(C)[C@H](N)C(=O)Nc1ccc(CC#N)cc1. The molecule has 0 saturated carbocycles. The number of nitrogens with zero attached hydrogens (tertiary/aromatic N) is 1. The van der Waals surface area contributed by atoms with E-state index in [1.54, 1.807) is 12.1 Å². The molecule has 1 unspecified atom stereocenters. The van der Waals surface area contributed by atoms with Crippen LogP contribution in [0.25, 0.3) is 0 Å². The Balaban J connectivity index is 2.62. The van der Waals surface area contributed by atoms with Crippen LogP contribution in [-0.4, -0.2) is 11.9 Å². The molecule has 2 atom stereocenters. The van der Waals surface area contributed by atoms with E-state index in [0.29, 0.717) is 12.1 Å². The van der Waals surface area contributed by atoms with Crippen molar-refractivity contribution in [3.05, 3.63) is 29.8 Å². The Hall–Kier alpha value is -1.86. The van der Waals surface area contributed by atoms with Gasteiger partial charge in [0.2, 0.25) is 5.91 Å². The van der Waals surface area contributed by atoms with Crippen LogP contribution in [0.15, 0.2) is 24.3 Å². The molecule has 3 N–H and O–H groups in total. The van der Waals surface area contributed by atoms with Crippen LogP contribution in [0.4, 0.5) is 5.69 Å². The molecule has 4 heteroatoms. The van der Waals surface area contributed by atoms with Gasteiger partial charge in [0.1, 0.15) is 0 Å². The predicted octanol–water partition coefficient (Wildman–Crippen LogP) is 2.06. The average Bonchev–Trinajstić information content (AvgIpc) is 2.39. The minimum absolute atomic E-state index is 0.155. The highest BCUT2D eigenvalue weighted by molar-refractivity contribution is 5.94. The van der Waals surface area contributed by atoms with Gasteiger partial charge >= 0.3 is 0 Å². The first kappa shape index (κ1) is 14.2. The van der Waals surface area contributed by atoms with E-state index < -0.39 is 6.04 Å². The third-order valence-electron chi connectivity index (χ3n) is 3.06. The zero-order chi connectivity index (χ0) is 13.5. The second kappa shape index (κ2) is 6.77. The molecule has 1 aromatic carbocycles. The first-order valence-corrected chi connectivity index (χ1v) is 6.10. The van der Waals surface area contributed by atoms with Gasteiger partial charge in [-0.05, 0) is 23.6 Å². The van der Waals surface area contributed by atoms with Crippen molar-refractivity contribution >= 4 is 11.6 Å². The quantitative estimate of drug-likeness (QED) is 0.833. The molecular weight excluding hydrogens is 226 g/mol. The maximum Gasteiger partial charge on any atom is 0.241 e. The first-order valence-electron chi connectivity index (χ1n) is 6.10. The maximum absolute atomic E-state index is 11.8. The summed E-state index contributed by atoms with van der Waals surface area (Å²) in [5.41, 5.74) is 7.48. The fraction of sp³-hybridized carbons (Fsp3) is 0.429. The summed E-state index contributed by atoms with van der Waals surface area (Å²) in [6, 6.07) is 8.81. The monoisotopic (exact) mass is 245 g/mol. The molecule has 0 aliphatic carbocycles. The van der Waals surface area contributed by atoms with Crippen LogP contribution in [0.2, 0.25) is 0 Å². The van der Waals surface area contributed by atoms with Crippen molar-refractivity contribution < 1.29 is 4.79 Å². The molecule has 0 fully saturated rings. The van der Waals surface area contributed by atoms with Crippen molar-refractivity contribution in [3.8, 4) is 6.07 Å². The van der Waals surface area contributed by atoms with Gasteiger partial charge in [0.05, 0.1) is 18.5 Å². The molecule has 0 heterocycles. The Bertz CT molecular complexity index is 433. The molecule has 96 valence electrons. The Kier molecular flexibility index (Phi) is 5.34. The van der Waals surface area contributed by atoms with Crippen molar-refractivity contribution in [2.24, 2.45) is 11.7 Å². The lowest BCUT2D eigenvalue weighted by Gasteiger charge is -2.17. The highest BCUT2D eigenvalue weighted by Crippen LogP contribution is 2.12. The van der Waals surface area contributed by atoms with Crippen molar-refractivity contribution in [2.45, 2.75) is 32.7 Å². The minimum Gasteiger partial charge on any atom is -0.325 e. The third-order valence-corrected chi connectivity index (χ3v) is 3.06. The molecule has 0 spiro atoms. The molecule has 0 aliphatic rings. The lowest BCUT2D eigenvalue weighted by atomic mass is 9.99. The molecule has 1 amide bonds. The number of rotatable bonds is 5. The summed E-state index contributed by atoms with van der Waals surface area (Å²) in [5, 5.41) is 11.3. The lowest BCUT2D eigenvalue weighted by molar-refractivity contribution is -0.118. The van der Waals surface area contributed by atoms with Gasteiger partial charge < -0.3 is 11.1 Å². The standard InChI is InChI=1S/C14H19N3O/c1-3-10(2)13(16)14(18)17-12-6-4-11(5-7-12)8-9-15/h4-7,10,13H,3,8,16H2,1-2H3,(H,17,18)/t10?,13-/m0/s1. The number of benzene rings is 1. The number of carbonyl (C=O) groups is 1. The summed E-state index contributed by atoms with van der Waals surface area (Å²) in [6.07, 6.45) is 1.25. The largest absolute Gasteiger partial charge is 0.325 e. The van der Waals surface area contributed by atoms with Crippen LogP contribution < -0.4 is 11.1 Å². The Labute approximate surface area is 108 Å². The van der Waals surface area contributed by atoms with Gasteiger partial charge in [-0.25, -0.2) is 0 Å². The van der Waals surface area contributed by atoms with E-state index in [4.69, 9.17) is 11.0 Å². The fourth-order valence-corrected chi connectivity index (χ4v) is 1.54.